The minimum Gasteiger partial charge on any atom is -0.493 e. The fraction of sp³-hybridized carbons (Fsp3) is 0.263. The number of carbonyl (C=O) groups excluding carboxylic acids is 1. The lowest BCUT2D eigenvalue weighted by Crippen LogP contribution is -2.24. The standard InChI is InChI=1S/C19H20BrN3O3/c1-12-6-14(20)10-23-11-15(22-19(12)23)9-21-18(24)8-13-4-5-16(25-2)17(7-13)26-3/h4-7,10-11H,8-9H2,1-3H3,(H,21,24). The maximum atomic E-state index is 12.3. The average Bonchev–Trinajstić information content (AvgIpc) is 3.03. The van der Waals surface area contributed by atoms with Crippen LogP contribution in [0.1, 0.15) is 16.8 Å². The van der Waals surface area contributed by atoms with Crippen molar-refractivity contribution in [3.05, 3.63) is 58.0 Å². The Morgan fingerprint density at radius 1 is 1.19 bits per heavy atom. The summed E-state index contributed by atoms with van der Waals surface area (Å²) in [6.45, 7) is 2.39. The Hall–Kier alpha value is -2.54. The minimum atomic E-state index is -0.0767. The van der Waals surface area contributed by atoms with E-state index in [2.05, 4.69) is 26.2 Å². The Bertz CT molecular complexity index is 953. The molecule has 3 rings (SSSR count). The van der Waals surface area contributed by atoms with Gasteiger partial charge in [-0.3, -0.25) is 4.79 Å². The summed E-state index contributed by atoms with van der Waals surface area (Å²) in [6, 6.07) is 7.48. The van der Waals surface area contributed by atoms with Crippen LogP contribution in [0.15, 0.2) is 41.1 Å². The smallest absolute Gasteiger partial charge is 0.224 e. The number of amides is 1. The normalized spacial score (nSPS) is 10.8. The SMILES string of the molecule is COc1ccc(CC(=O)NCc2cn3cc(Br)cc(C)c3n2)cc1OC. The number of nitrogens with one attached hydrogen (secondary N) is 1. The van der Waals surface area contributed by atoms with E-state index < -0.39 is 0 Å². The molecule has 0 saturated carbocycles. The molecule has 2 heterocycles. The van der Waals surface area contributed by atoms with Crippen LogP contribution in [0.2, 0.25) is 0 Å². The number of benzene rings is 1. The molecule has 0 radical (unpaired) electrons. The highest BCUT2D eigenvalue weighted by atomic mass is 79.9. The van der Waals surface area contributed by atoms with Gasteiger partial charge >= 0.3 is 0 Å². The molecular formula is C19H20BrN3O3. The lowest BCUT2D eigenvalue weighted by molar-refractivity contribution is -0.120. The number of rotatable bonds is 6. The molecule has 26 heavy (non-hydrogen) atoms. The fourth-order valence-electron chi connectivity index (χ4n) is 2.79. The number of methoxy groups -OCH3 is 2. The summed E-state index contributed by atoms with van der Waals surface area (Å²) in [5.41, 5.74) is 3.63. The molecule has 1 aromatic carbocycles. The van der Waals surface area contributed by atoms with Crippen LogP contribution < -0.4 is 14.8 Å². The lowest BCUT2D eigenvalue weighted by atomic mass is 10.1. The van der Waals surface area contributed by atoms with Crippen LogP contribution >= 0.6 is 15.9 Å². The molecule has 0 aliphatic heterocycles. The van der Waals surface area contributed by atoms with Gasteiger partial charge in [-0.25, -0.2) is 4.98 Å². The molecule has 6 nitrogen and oxygen atoms in total. The first-order chi connectivity index (χ1) is 12.5. The van der Waals surface area contributed by atoms with Crippen molar-refractivity contribution in [3.8, 4) is 11.5 Å². The zero-order valence-corrected chi connectivity index (χ0v) is 16.5. The van der Waals surface area contributed by atoms with Crippen LogP contribution in [-0.4, -0.2) is 29.5 Å². The molecule has 0 aliphatic rings. The first kappa shape index (κ1) is 18.3. The van der Waals surface area contributed by atoms with E-state index in [4.69, 9.17) is 9.47 Å². The highest BCUT2D eigenvalue weighted by Crippen LogP contribution is 2.27. The largest absolute Gasteiger partial charge is 0.493 e. The number of imidazole rings is 1. The van der Waals surface area contributed by atoms with Crippen molar-refractivity contribution in [1.29, 1.82) is 0 Å². The van der Waals surface area contributed by atoms with Gasteiger partial charge in [-0.2, -0.15) is 0 Å². The quantitative estimate of drug-likeness (QED) is 0.668. The second-order valence-corrected chi connectivity index (χ2v) is 6.86. The molecule has 1 N–H and O–H groups in total. The fourth-order valence-corrected chi connectivity index (χ4v) is 3.35. The Kier molecular flexibility index (Phi) is 5.46. The van der Waals surface area contributed by atoms with E-state index in [1.807, 2.05) is 41.9 Å². The topological polar surface area (TPSA) is 64.9 Å². The van der Waals surface area contributed by atoms with E-state index >= 15 is 0 Å². The monoisotopic (exact) mass is 417 g/mol. The minimum absolute atomic E-state index is 0.0767. The van der Waals surface area contributed by atoms with Crippen molar-refractivity contribution in [2.75, 3.05) is 14.2 Å². The Morgan fingerprint density at radius 2 is 1.96 bits per heavy atom. The number of pyridine rings is 1. The molecule has 0 fully saturated rings. The van der Waals surface area contributed by atoms with Crippen LogP contribution in [0.25, 0.3) is 5.65 Å². The van der Waals surface area contributed by atoms with E-state index in [-0.39, 0.29) is 12.3 Å². The average molecular weight is 418 g/mol. The molecule has 2 aromatic heterocycles. The van der Waals surface area contributed by atoms with E-state index in [1.54, 1.807) is 20.3 Å². The van der Waals surface area contributed by atoms with Crippen LogP contribution in [0, 0.1) is 6.92 Å². The highest BCUT2D eigenvalue weighted by molar-refractivity contribution is 9.10. The van der Waals surface area contributed by atoms with Crippen molar-refractivity contribution in [2.45, 2.75) is 19.9 Å². The molecule has 0 atom stereocenters. The molecule has 1 amide bonds. The number of aromatic nitrogens is 2. The van der Waals surface area contributed by atoms with Gasteiger partial charge in [0.15, 0.2) is 11.5 Å². The van der Waals surface area contributed by atoms with E-state index in [0.29, 0.717) is 18.0 Å². The maximum Gasteiger partial charge on any atom is 0.224 e. The summed E-state index contributed by atoms with van der Waals surface area (Å²) >= 11 is 3.48. The first-order valence-corrected chi connectivity index (χ1v) is 8.91. The first-order valence-electron chi connectivity index (χ1n) is 8.11. The number of fused-ring (bicyclic) bond motifs is 1. The van der Waals surface area contributed by atoms with Gasteiger partial charge in [0.25, 0.3) is 0 Å². The van der Waals surface area contributed by atoms with E-state index in [9.17, 15) is 4.79 Å². The van der Waals surface area contributed by atoms with Crippen molar-refractivity contribution in [3.63, 3.8) is 0 Å². The van der Waals surface area contributed by atoms with E-state index in [0.717, 1.165) is 26.9 Å². The summed E-state index contributed by atoms with van der Waals surface area (Å²) in [4.78, 5) is 16.8. The molecule has 0 spiro atoms. The number of aryl methyl sites for hydroxylation is 1. The van der Waals surface area contributed by atoms with Gasteiger partial charge in [0.2, 0.25) is 5.91 Å². The lowest BCUT2D eigenvalue weighted by Gasteiger charge is -2.09. The summed E-state index contributed by atoms with van der Waals surface area (Å²) in [5.74, 6) is 1.18. The Labute approximate surface area is 160 Å². The van der Waals surface area contributed by atoms with Crippen LogP contribution in [0.3, 0.4) is 0 Å². The molecule has 136 valence electrons. The maximum absolute atomic E-state index is 12.3. The van der Waals surface area contributed by atoms with Gasteiger partial charge in [-0.1, -0.05) is 6.07 Å². The van der Waals surface area contributed by atoms with Gasteiger partial charge in [0, 0.05) is 16.9 Å². The number of nitrogens with zero attached hydrogens (tertiary/aromatic N) is 2. The van der Waals surface area contributed by atoms with Gasteiger partial charge in [-0.05, 0) is 52.2 Å². The van der Waals surface area contributed by atoms with Gasteiger partial charge < -0.3 is 19.2 Å². The zero-order valence-electron chi connectivity index (χ0n) is 14.9. The molecule has 0 bridgehead atoms. The molecule has 0 saturated heterocycles. The molecule has 7 heteroatoms. The summed E-state index contributed by atoms with van der Waals surface area (Å²) in [7, 11) is 3.16. The molecule has 0 aliphatic carbocycles. The third-order valence-corrected chi connectivity index (χ3v) is 4.46. The third-order valence-electron chi connectivity index (χ3n) is 4.03. The number of hydrogen-bond donors (Lipinski definition) is 1. The van der Waals surface area contributed by atoms with E-state index in [1.165, 1.54) is 0 Å². The van der Waals surface area contributed by atoms with Crippen LogP contribution in [-0.2, 0) is 17.8 Å². The molecule has 0 unspecified atom stereocenters. The number of ether oxygens (including phenoxy) is 2. The van der Waals surface area contributed by atoms with Crippen molar-refractivity contribution in [1.82, 2.24) is 14.7 Å². The Morgan fingerprint density at radius 3 is 2.69 bits per heavy atom. The Balaban J connectivity index is 1.65. The second kappa shape index (κ2) is 7.78. The van der Waals surface area contributed by atoms with Crippen molar-refractivity contribution < 1.29 is 14.3 Å². The number of carbonyl (C=O) groups is 1. The second-order valence-electron chi connectivity index (χ2n) is 5.95. The van der Waals surface area contributed by atoms with Gasteiger partial charge in [0.1, 0.15) is 5.65 Å². The zero-order chi connectivity index (χ0) is 18.7. The highest BCUT2D eigenvalue weighted by Gasteiger charge is 2.10. The number of hydrogen-bond acceptors (Lipinski definition) is 4. The third kappa shape index (κ3) is 3.99. The summed E-state index contributed by atoms with van der Waals surface area (Å²) in [6.07, 6.45) is 4.13. The number of halogens is 1. The van der Waals surface area contributed by atoms with Gasteiger partial charge in [0.05, 0.1) is 32.9 Å². The predicted molar refractivity (Wildman–Crippen MR) is 103 cm³/mol. The van der Waals surface area contributed by atoms with Crippen molar-refractivity contribution in [2.24, 2.45) is 0 Å². The molecule has 3 aromatic rings. The van der Waals surface area contributed by atoms with Crippen molar-refractivity contribution >= 4 is 27.5 Å². The molecular weight excluding hydrogens is 398 g/mol. The summed E-state index contributed by atoms with van der Waals surface area (Å²) in [5, 5.41) is 2.91. The van der Waals surface area contributed by atoms with Gasteiger partial charge in [-0.15, -0.1) is 0 Å². The van der Waals surface area contributed by atoms with Crippen LogP contribution in [0.4, 0.5) is 0 Å². The van der Waals surface area contributed by atoms with Crippen LogP contribution in [0.5, 0.6) is 11.5 Å². The predicted octanol–water partition coefficient (Wildman–Crippen LogP) is 3.28. The summed E-state index contributed by atoms with van der Waals surface area (Å²) < 4.78 is 13.4.